The van der Waals surface area contributed by atoms with Crippen LogP contribution in [-0.2, 0) is 4.74 Å². The van der Waals surface area contributed by atoms with Crippen molar-refractivity contribution in [2.75, 3.05) is 26.3 Å². The van der Waals surface area contributed by atoms with Gasteiger partial charge < -0.3 is 15.6 Å². The van der Waals surface area contributed by atoms with Crippen LogP contribution >= 0.6 is 0 Å². The first-order chi connectivity index (χ1) is 6.33. The van der Waals surface area contributed by atoms with E-state index in [2.05, 4.69) is 4.90 Å². The lowest BCUT2D eigenvalue weighted by Crippen LogP contribution is -2.48. The Morgan fingerprint density at radius 2 is 2.31 bits per heavy atom. The number of hydrogen-bond donors (Lipinski definition) is 2. The van der Waals surface area contributed by atoms with Gasteiger partial charge in [-0.15, -0.1) is 0 Å². The molecule has 4 nitrogen and oxygen atoms in total. The molecule has 0 amide bonds. The smallest absolute Gasteiger partial charge is 0.0950 e. The number of ether oxygens (including phenoxy) is 1. The topological polar surface area (TPSA) is 58.7 Å². The molecule has 3 atom stereocenters. The minimum absolute atomic E-state index is 0.191. The molecule has 0 bridgehead atoms. The normalized spacial score (nSPS) is 41.5. The monoisotopic (exact) mass is 186 g/mol. The van der Waals surface area contributed by atoms with Crippen LogP contribution in [-0.4, -0.2) is 54.5 Å². The maximum Gasteiger partial charge on any atom is 0.0950 e. The van der Waals surface area contributed by atoms with E-state index in [1.165, 1.54) is 12.8 Å². The molecule has 2 aliphatic rings. The highest BCUT2D eigenvalue weighted by molar-refractivity contribution is 4.91. The van der Waals surface area contributed by atoms with Crippen molar-refractivity contribution in [1.29, 1.82) is 0 Å². The van der Waals surface area contributed by atoms with Gasteiger partial charge in [-0.25, -0.2) is 0 Å². The van der Waals surface area contributed by atoms with Crippen molar-refractivity contribution in [1.82, 2.24) is 4.90 Å². The Morgan fingerprint density at radius 1 is 1.46 bits per heavy atom. The predicted molar refractivity (Wildman–Crippen MR) is 49.4 cm³/mol. The molecule has 76 valence electrons. The van der Waals surface area contributed by atoms with Gasteiger partial charge in [-0.2, -0.15) is 0 Å². The molecule has 2 aliphatic heterocycles. The fourth-order valence-electron chi connectivity index (χ4n) is 2.40. The Bertz CT molecular complexity index is 177. The third-order valence-corrected chi connectivity index (χ3v) is 3.14. The van der Waals surface area contributed by atoms with Gasteiger partial charge in [-0.3, -0.25) is 4.90 Å². The van der Waals surface area contributed by atoms with Crippen molar-refractivity contribution >= 4 is 0 Å². The first kappa shape index (κ1) is 9.40. The molecular weight excluding hydrogens is 168 g/mol. The van der Waals surface area contributed by atoms with Crippen molar-refractivity contribution in [3.05, 3.63) is 0 Å². The molecule has 3 N–H and O–H groups in total. The van der Waals surface area contributed by atoms with Gasteiger partial charge in [0, 0.05) is 12.6 Å². The van der Waals surface area contributed by atoms with Crippen LogP contribution in [0, 0.1) is 0 Å². The molecule has 13 heavy (non-hydrogen) atoms. The van der Waals surface area contributed by atoms with Gasteiger partial charge in [0.2, 0.25) is 0 Å². The van der Waals surface area contributed by atoms with Crippen molar-refractivity contribution in [2.24, 2.45) is 5.73 Å². The van der Waals surface area contributed by atoms with E-state index in [9.17, 15) is 5.11 Å². The van der Waals surface area contributed by atoms with Crippen LogP contribution in [0.4, 0.5) is 0 Å². The molecule has 0 aliphatic carbocycles. The van der Waals surface area contributed by atoms with Gasteiger partial charge in [0.25, 0.3) is 0 Å². The largest absolute Gasteiger partial charge is 0.389 e. The van der Waals surface area contributed by atoms with E-state index in [1.54, 1.807) is 0 Å². The lowest BCUT2D eigenvalue weighted by molar-refractivity contribution is 0.0764. The summed E-state index contributed by atoms with van der Waals surface area (Å²) in [6, 6.07) is 0.650. The number of nitrogens with zero attached hydrogens (tertiary/aromatic N) is 1. The Labute approximate surface area is 78.7 Å². The third kappa shape index (κ3) is 1.72. The minimum atomic E-state index is -0.313. The maximum atomic E-state index is 9.66. The van der Waals surface area contributed by atoms with E-state index >= 15 is 0 Å². The summed E-state index contributed by atoms with van der Waals surface area (Å²) in [5.74, 6) is 0. The quantitative estimate of drug-likeness (QED) is 0.591. The molecule has 0 radical (unpaired) electrons. The highest BCUT2D eigenvalue weighted by atomic mass is 16.5. The highest BCUT2D eigenvalue weighted by Gasteiger charge is 2.37. The van der Waals surface area contributed by atoms with Crippen molar-refractivity contribution in [2.45, 2.75) is 31.0 Å². The fourth-order valence-corrected chi connectivity index (χ4v) is 2.40. The van der Waals surface area contributed by atoms with E-state index in [0.717, 1.165) is 6.54 Å². The number of aliphatic hydroxyl groups excluding tert-OH is 1. The number of rotatable bonds is 2. The van der Waals surface area contributed by atoms with Crippen LogP contribution in [0.3, 0.4) is 0 Å². The molecule has 0 aromatic heterocycles. The zero-order valence-electron chi connectivity index (χ0n) is 7.85. The average molecular weight is 186 g/mol. The van der Waals surface area contributed by atoms with Gasteiger partial charge in [0.15, 0.2) is 0 Å². The maximum absolute atomic E-state index is 9.66. The van der Waals surface area contributed by atoms with E-state index < -0.39 is 0 Å². The lowest BCUT2D eigenvalue weighted by atomic mass is 10.1. The van der Waals surface area contributed by atoms with Gasteiger partial charge in [0.05, 0.1) is 25.4 Å². The van der Waals surface area contributed by atoms with Crippen molar-refractivity contribution in [3.63, 3.8) is 0 Å². The zero-order chi connectivity index (χ0) is 9.26. The van der Waals surface area contributed by atoms with E-state index in [4.69, 9.17) is 10.5 Å². The molecule has 0 aromatic rings. The summed E-state index contributed by atoms with van der Waals surface area (Å²) in [5.41, 5.74) is 5.67. The van der Waals surface area contributed by atoms with Gasteiger partial charge >= 0.3 is 0 Å². The lowest BCUT2D eigenvalue weighted by Gasteiger charge is -2.30. The summed E-state index contributed by atoms with van der Waals surface area (Å²) in [4.78, 5) is 2.32. The number of likely N-dealkylation sites (tertiary alicyclic amines) is 1. The summed E-state index contributed by atoms with van der Waals surface area (Å²) >= 11 is 0. The van der Waals surface area contributed by atoms with Gasteiger partial charge in [0.1, 0.15) is 0 Å². The molecule has 0 saturated carbocycles. The summed E-state index contributed by atoms with van der Waals surface area (Å²) in [6.07, 6.45) is 2.05. The van der Waals surface area contributed by atoms with Crippen LogP contribution < -0.4 is 5.73 Å². The standard InChI is InChI=1S/C9H18N2O2/c10-4-7-2-1-3-11(7)8-5-13-6-9(8)12/h7-9,12H,1-6,10H2. The van der Waals surface area contributed by atoms with Crippen molar-refractivity contribution in [3.8, 4) is 0 Å². The Balaban J connectivity index is 1.98. The molecule has 4 heteroatoms. The van der Waals surface area contributed by atoms with Crippen LogP contribution in [0.2, 0.25) is 0 Å². The number of aliphatic hydroxyl groups is 1. The van der Waals surface area contributed by atoms with E-state index in [1.807, 2.05) is 0 Å². The third-order valence-electron chi connectivity index (χ3n) is 3.14. The molecule has 2 heterocycles. The summed E-state index contributed by atoms with van der Waals surface area (Å²) in [5, 5.41) is 9.66. The van der Waals surface area contributed by atoms with Crippen LogP contribution in [0.1, 0.15) is 12.8 Å². The second kappa shape index (κ2) is 3.92. The van der Waals surface area contributed by atoms with Crippen molar-refractivity contribution < 1.29 is 9.84 Å². The second-order valence-electron chi connectivity index (χ2n) is 3.94. The molecule has 2 rings (SSSR count). The van der Waals surface area contributed by atoms with Gasteiger partial charge in [-0.1, -0.05) is 0 Å². The Hall–Kier alpha value is -0.160. The Morgan fingerprint density at radius 3 is 2.92 bits per heavy atom. The van der Waals surface area contributed by atoms with E-state index in [0.29, 0.717) is 25.8 Å². The first-order valence-electron chi connectivity index (χ1n) is 5.04. The predicted octanol–water partition coefficient (Wildman–Crippen LogP) is -0.831. The van der Waals surface area contributed by atoms with Crippen LogP contribution in [0.5, 0.6) is 0 Å². The average Bonchev–Trinajstić information content (AvgIpc) is 2.71. The molecule has 2 saturated heterocycles. The summed E-state index contributed by atoms with van der Waals surface area (Å²) in [7, 11) is 0. The summed E-state index contributed by atoms with van der Waals surface area (Å²) < 4.78 is 5.24. The molecule has 3 unspecified atom stereocenters. The highest BCUT2D eigenvalue weighted by Crippen LogP contribution is 2.23. The zero-order valence-corrected chi connectivity index (χ0v) is 7.85. The van der Waals surface area contributed by atoms with E-state index in [-0.39, 0.29) is 12.1 Å². The number of nitrogens with two attached hydrogens (primary N) is 1. The molecule has 0 spiro atoms. The fraction of sp³-hybridized carbons (Fsp3) is 1.00. The van der Waals surface area contributed by atoms with Crippen LogP contribution in [0.25, 0.3) is 0 Å². The van der Waals surface area contributed by atoms with Crippen LogP contribution in [0.15, 0.2) is 0 Å². The molecule has 2 fully saturated rings. The second-order valence-corrected chi connectivity index (χ2v) is 3.94. The SMILES string of the molecule is NCC1CCCN1C1COCC1O. The molecule has 0 aromatic carbocycles. The minimum Gasteiger partial charge on any atom is -0.389 e. The summed E-state index contributed by atoms with van der Waals surface area (Å²) in [6.45, 7) is 2.91. The first-order valence-corrected chi connectivity index (χ1v) is 5.04. The molecular formula is C9H18N2O2. The Kier molecular flexibility index (Phi) is 2.83. The van der Waals surface area contributed by atoms with Gasteiger partial charge in [-0.05, 0) is 19.4 Å². The number of hydrogen-bond acceptors (Lipinski definition) is 4.